The standard InChI is InChI=1S/C28H28Cl2N2O5/c1-16(2)27-20(26(31-37-27)25-21(29)7-6-8-22(25)30)15-36-18-9-10-23(17(3)13-18)32(4)14-24-19(11-12-35-24)28(33)34-5/h6-13,16H,14-15H2,1-5H3. The molecule has 2 aromatic carbocycles. The molecule has 0 radical (unpaired) electrons. The van der Waals surface area contributed by atoms with Crippen LogP contribution in [-0.2, 0) is 17.9 Å². The molecular weight excluding hydrogens is 515 g/mol. The highest BCUT2D eigenvalue weighted by Crippen LogP contribution is 2.39. The molecule has 0 saturated carbocycles. The minimum absolute atomic E-state index is 0.0929. The summed E-state index contributed by atoms with van der Waals surface area (Å²) in [5.74, 6) is 1.61. The maximum Gasteiger partial charge on any atom is 0.341 e. The second-order valence-electron chi connectivity index (χ2n) is 8.97. The van der Waals surface area contributed by atoms with Crippen molar-refractivity contribution in [3.8, 4) is 17.0 Å². The van der Waals surface area contributed by atoms with E-state index < -0.39 is 5.97 Å². The number of aryl methyl sites for hydroxylation is 1. The number of rotatable bonds is 9. The second-order valence-corrected chi connectivity index (χ2v) is 9.78. The number of aromatic nitrogens is 1. The summed E-state index contributed by atoms with van der Waals surface area (Å²) in [7, 11) is 3.28. The summed E-state index contributed by atoms with van der Waals surface area (Å²) in [5, 5.41) is 5.27. The topological polar surface area (TPSA) is 77.9 Å². The van der Waals surface area contributed by atoms with Crippen LogP contribution in [0.5, 0.6) is 5.75 Å². The molecule has 0 aliphatic heterocycles. The molecule has 2 aromatic heterocycles. The van der Waals surface area contributed by atoms with Crippen LogP contribution < -0.4 is 9.64 Å². The van der Waals surface area contributed by atoms with Crippen molar-refractivity contribution in [1.29, 1.82) is 0 Å². The molecule has 0 N–H and O–H groups in total. The van der Waals surface area contributed by atoms with E-state index in [1.165, 1.54) is 13.4 Å². The molecule has 0 bridgehead atoms. The highest BCUT2D eigenvalue weighted by atomic mass is 35.5. The monoisotopic (exact) mass is 542 g/mol. The van der Waals surface area contributed by atoms with E-state index in [4.69, 9.17) is 41.6 Å². The molecule has 37 heavy (non-hydrogen) atoms. The van der Waals surface area contributed by atoms with Crippen molar-refractivity contribution in [1.82, 2.24) is 5.16 Å². The number of hydrogen-bond donors (Lipinski definition) is 0. The Bertz CT molecular complexity index is 1390. The number of anilines is 1. The van der Waals surface area contributed by atoms with Gasteiger partial charge in [0.2, 0.25) is 0 Å². The Kier molecular flexibility index (Phi) is 8.15. The maximum absolute atomic E-state index is 12.0. The van der Waals surface area contributed by atoms with Crippen LogP contribution in [0.25, 0.3) is 11.3 Å². The van der Waals surface area contributed by atoms with Gasteiger partial charge in [0, 0.05) is 24.2 Å². The molecule has 4 rings (SSSR count). The Morgan fingerprint density at radius 3 is 2.51 bits per heavy atom. The normalized spacial score (nSPS) is 11.1. The molecule has 0 amide bonds. The molecular formula is C28H28Cl2N2O5. The van der Waals surface area contributed by atoms with Crippen molar-refractivity contribution in [3.63, 3.8) is 0 Å². The van der Waals surface area contributed by atoms with Gasteiger partial charge >= 0.3 is 5.97 Å². The lowest BCUT2D eigenvalue weighted by Gasteiger charge is -2.21. The first-order chi connectivity index (χ1) is 17.7. The molecule has 0 aliphatic carbocycles. The van der Waals surface area contributed by atoms with Gasteiger partial charge in [0.05, 0.1) is 35.5 Å². The maximum atomic E-state index is 12.0. The van der Waals surface area contributed by atoms with Crippen LogP contribution in [0, 0.1) is 6.92 Å². The largest absolute Gasteiger partial charge is 0.489 e. The number of hydrogen-bond acceptors (Lipinski definition) is 7. The summed E-state index contributed by atoms with van der Waals surface area (Å²) in [6.45, 7) is 6.69. The first kappa shape index (κ1) is 26.6. The van der Waals surface area contributed by atoms with Gasteiger partial charge in [-0.05, 0) is 48.9 Å². The number of carbonyl (C=O) groups is 1. The average Bonchev–Trinajstić information content (AvgIpc) is 3.49. The lowest BCUT2D eigenvalue weighted by molar-refractivity contribution is 0.0598. The SMILES string of the molecule is COC(=O)c1ccoc1CN(C)c1ccc(OCc2c(-c3c(Cl)cccc3Cl)noc2C(C)C)cc1C. The van der Waals surface area contributed by atoms with Crippen LogP contribution in [0.1, 0.15) is 52.8 Å². The van der Waals surface area contributed by atoms with Gasteiger partial charge in [-0.15, -0.1) is 0 Å². The summed E-state index contributed by atoms with van der Waals surface area (Å²) in [5.41, 5.74) is 4.38. The summed E-state index contributed by atoms with van der Waals surface area (Å²) >= 11 is 12.9. The fourth-order valence-electron chi connectivity index (χ4n) is 4.19. The van der Waals surface area contributed by atoms with Crippen molar-refractivity contribution in [2.45, 2.75) is 39.8 Å². The van der Waals surface area contributed by atoms with Crippen LogP contribution in [-0.4, -0.2) is 25.3 Å². The second kappa shape index (κ2) is 11.3. The molecule has 7 nitrogen and oxygen atoms in total. The molecule has 0 saturated heterocycles. The van der Waals surface area contributed by atoms with Crippen LogP contribution in [0.3, 0.4) is 0 Å². The van der Waals surface area contributed by atoms with Crippen molar-refractivity contribution in [3.05, 3.63) is 87.0 Å². The Labute approximate surface area is 225 Å². The first-order valence-corrected chi connectivity index (χ1v) is 12.5. The third kappa shape index (κ3) is 5.63. The number of nitrogens with zero attached hydrogens (tertiary/aromatic N) is 2. The molecule has 0 unspecified atom stereocenters. The Balaban J connectivity index is 1.54. The molecule has 2 heterocycles. The predicted molar refractivity (Wildman–Crippen MR) is 144 cm³/mol. The van der Waals surface area contributed by atoms with Crippen LogP contribution in [0.4, 0.5) is 5.69 Å². The number of halogens is 2. The molecule has 4 aromatic rings. The number of ether oxygens (including phenoxy) is 2. The fourth-order valence-corrected chi connectivity index (χ4v) is 4.77. The summed E-state index contributed by atoms with van der Waals surface area (Å²) in [4.78, 5) is 14.0. The van der Waals surface area contributed by atoms with E-state index in [0.29, 0.717) is 44.9 Å². The minimum atomic E-state index is -0.426. The Hall–Kier alpha value is -3.42. The number of carbonyl (C=O) groups excluding carboxylic acids is 1. The van der Waals surface area contributed by atoms with E-state index in [9.17, 15) is 4.79 Å². The third-order valence-corrected chi connectivity index (χ3v) is 6.67. The van der Waals surface area contributed by atoms with E-state index >= 15 is 0 Å². The Morgan fingerprint density at radius 1 is 1.14 bits per heavy atom. The van der Waals surface area contributed by atoms with Gasteiger partial charge < -0.3 is 23.3 Å². The summed E-state index contributed by atoms with van der Waals surface area (Å²) in [6.07, 6.45) is 1.49. The van der Waals surface area contributed by atoms with Gasteiger partial charge in [-0.2, -0.15) is 0 Å². The van der Waals surface area contributed by atoms with Crippen LogP contribution >= 0.6 is 23.2 Å². The van der Waals surface area contributed by atoms with Crippen molar-refractivity contribution in [2.75, 3.05) is 19.1 Å². The van der Waals surface area contributed by atoms with E-state index in [1.54, 1.807) is 24.3 Å². The van der Waals surface area contributed by atoms with Crippen molar-refractivity contribution in [2.24, 2.45) is 0 Å². The van der Waals surface area contributed by atoms with Gasteiger partial charge in [-0.25, -0.2) is 4.79 Å². The van der Waals surface area contributed by atoms with Crippen molar-refractivity contribution < 1.29 is 23.2 Å². The van der Waals surface area contributed by atoms with Gasteiger partial charge in [-0.3, -0.25) is 0 Å². The van der Waals surface area contributed by atoms with Crippen LogP contribution in [0.2, 0.25) is 10.0 Å². The van der Waals surface area contributed by atoms with E-state index in [2.05, 4.69) is 5.16 Å². The van der Waals surface area contributed by atoms with E-state index in [0.717, 1.165) is 22.6 Å². The molecule has 194 valence electrons. The van der Waals surface area contributed by atoms with E-state index in [-0.39, 0.29) is 12.5 Å². The van der Waals surface area contributed by atoms with Crippen LogP contribution in [0.15, 0.2) is 57.7 Å². The van der Waals surface area contributed by atoms with Gasteiger partial charge in [0.1, 0.15) is 35.1 Å². The lowest BCUT2D eigenvalue weighted by atomic mass is 10.0. The summed E-state index contributed by atoms with van der Waals surface area (Å²) < 4.78 is 22.2. The Morgan fingerprint density at radius 2 is 1.86 bits per heavy atom. The minimum Gasteiger partial charge on any atom is -0.489 e. The first-order valence-electron chi connectivity index (χ1n) is 11.7. The number of benzene rings is 2. The summed E-state index contributed by atoms with van der Waals surface area (Å²) in [6, 6.07) is 12.8. The van der Waals surface area contributed by atoms with Crippen molar-refractivity contribution >= 4 is 34.9 Å². The zero-order chi connectivity index (χ0) is 26.7. The molecule has 0 aliphatic rings. The lowest BCUT2D eigenvalue weighted by Crippen LogP contribution is -2.19. The quantitative estimate of drug-likeness (QED) is 0.200. The molecule has 9 heteroatoms. The number of furan rings is 1. The van der Waals surface area contributed by atoms with E-state index in [1.807, 2.05) is 50.9 Å². The zero-order valence-corrected chi connectivity index (χ0v) is 22.8. The molecule has 0 fully saturated rings. The van der Waals surface area contributed by atoms with Gasteiger partial charge in [-0.1, -0.05) is 48.3 Å². The molecule has 0 spiro atoms. The molecule has 0 atom stereocenters. The fraction of sp³-hybridized carbons (Fsp3) is 0.286. The predicted octanol–water partition coefficient (Wildman–Crippen LogP) is 7.68. The smallest absolute Gasteiger partial charge is 0.341 e. The zero-order valence-electron chi connectivity index (χ0n) is 21.3. The highest BCUT2D eigenvalue weighted by Gasteiger charge is 2.24. The number of esters is 1. The number of methoxy groups -OCH3 is 1. The van der Waals surface area contributed by atoms with Gasteiger partial charge in [0.15, 0.2) is 0 Å². The average molecular weight is 543 g/mol. The van der Waals surface area contributed by atoms with Gasteiger partial charge in [0.25, 0.3) is 0 Å². The third-order valence-electron chi connectivity index (χ3n) is 6.04. The highest BCUT2D eigenvalue weighted by molar-refractivity contribution is 6.39.